The minimum Gasteiger partial charge on any atom is -0.316 e. The van der Waals surface area contributed by atoms with Crippen LogP contribution in [0.5, 0.6) is 0 Å². The van der Waals surface area contributed by atoms with Gasteiger partial charge in [-0.2, -0.15) is 5.10 Å². The Hall–Kier alpha value is -0.540. The van der Waals surface area contributed by atoms with Gasteiger partial charge in [0.05, 0.1) is 5.69 Å². The summed E-state index contributed by atoms with van der Waals surface area (Å²) in [6.45, 7) is 6.48. The van der Waals surface area contributed by atoms with Crippen LogP contribution in [0.15, 0.2) is 0 Å². The first kappa shape index (κ1) is 14.4. The molecule has 0 radical (unpaired) electrons. The van der Waals surface area contributed by atoms with Crippen molar-refractivity contribution in [3.63, 3.8) is 0 Å². The predicted octanol–water partition coefficient (Wildman–Crippen LogP) is 3.34. The molecule has 0 aromatic carbocycles. The first-order chi connectivity index (χ1) is 9.55. The Balaban J connectivity index is 1.87. The third-order valence-corrected chi connectivity index (χ3v) is 6.10. The fraction of sp³-hybridized carbons (Fsp3) is 0.812. The van der Waals surface area contributed by atoms with Crippen molar-refractivity contribution in [3.05, 3.63) is 16.4 Å². The number of fused-ring (bicyclic) bond motifs is 2. The molecule has 3 atom stereocenters. The topological polar surface area (TPSA) is 29.9 Å². The monoisotopic (exact) mass is 295 g/mol. The Morgan fingerprint density at radius 3 is 2.75 bits per heavy atom. The number of hydrogen-bond acceptors (Lipinski definition) is 2. The van der Waals surface area contributed by atoms with E-state index >= 15 is 0 Å². The highest BCUT2D eigenvalue weighted by atomic mass is 35.5. The van der Waals surface area contributed by atoms with Crippen molar-refractivity contribution in [1.82, 2.24) is 15.1 Å². The van der Waals surface area contributed by atoms with E-state index in [1.165, 1.54) is 31.2 Å². The zero-order valence-corrected chi connectivity index (χ0v) is 13.6. The lowest BCUT2D eigenvalue weighted by Crippen LogP contribution is -2.40. The fourth-order valence-corrected chi connectivity index (χ4v) is 4.90. The molecule has 3 rings (SSSR count). The molecule has 1 heterocycles. The zero-order chi connectivity index (χ0) is 14.3. The summed E-state index contributed by atoms with van der Waals surface area (Å²) in [5.74, 6) is 1.83. The van der Waals surface area contributed by atoms with Gasteiger partial charge in [0.25, 0.3) is 0 Å². The molecule has 0 saturated heterocycles. The van der Waals surface area contributed by atoms with Crippen molar-refractivity contribution in [2.75, 3.05) is 13.1 Å². The van der Waals surface area contributed by atoms with Gasteiger partial charge in [-0.25, -0.2) is 0 Å². The number of nitrogens with zero attached hydrogens (tertiary/aromatic N) is 2. The van der Waals surface area contributed by atoms with Crippen LogP contribution in [0, 0.1) is 24.2 Å². The SMILES string of the molecule is CCNCC1(Cc2c(C)nn(C)c2Cl)CC2CCC1C2. The van der Waals surface area contributed by atoms with Gasteiger partial charge < -0.3 is 5.32 Å². The van der Waals surface area contributed by atoms with Crippen LogP contribution in [0.1, 0.15) is 43.9 Å². The van der Waals surface area contributed by atoms with Crippen LogP contribution in [-0.4, -0.2) is 22.9 Å². The lowest BCUT2D eigenvalue weighted by atomic mass is 9.69. The summed E-state index contributed by atoms with van der Waals surface area (Å²) < 4.78 is 1.82. The van der Waals surface area contributed by atoms with Gasteiger partial charge in [0, 0.05) is 19.2 Å². The molecule has 20 heavy (non-hydrogen) atoms. The largest absolute Gasteiger partial charge is 0.316 e. The number of halogens is 1. The second-order valence-corrected chi connectivity index (χ2v) is 7.24. The quantitative estimate of drug-likeness (QED) is 0.903. The first-order valence-corrected chi connectivity index (χ1v) is 8.32. The molecule has 2 fully saturated rings. The second kappa shape index (κ2) is 5.34. The van der Waals surface area contributed by atoms with E-state index in [9.17, 15) is 0 Å². The van der Waals surface area contributed by atoms with Crippen molar-refractivity contribution in [2.24, 2.45) is 24.3 Å². The zero-order valence-electron chi connectivity index (χ0n) is 12.9. The van der Waals surface area contributed by atoms with Gasteiger partial charge in [0.15, 0.2) is 0 Å². The highest BCUT2D eigenvalue weighted by Crippen LogP contribution is 2.57. The minimum absolute atomic E-state index is 0.413. The normalized spacial score (nSPS) is 32.2. The Bertz CT molecular complexity index is 496. The molecule has 2 aliphatic rings. The van der Waals surface area contributed by atoms with Crippen molar-refractivity contribution < 1.29 is 0 Å². The maximum absolute atomic E-state index is 6.47. The van der Waals surface area contributed by atoms with E-state index in [0.29, 0.717) is 5.41 Å². The van der Waals surface area contributed by atoms with Crippen molar-refractivity contribution >= 4 is 11.6 Å². The van der Waals surface area contributed by atoms with Gasteiger partial charge in [0.1, 0.15) is 5.15 Å². The highest BCUT2D eigenvalue weighted by molar-refractivity contribution is 6.30. The minimum atomic E-state index is 0.413. The molecule has 4 heteroatoms. The number of aryl methyl sites for hydroxylation is 2. The number of nitrogens with one attached hydrogen (secondary N) is 1. The van der Waals surface area contributed by atoms with Gasteiger partial charge in [-0.1, -0.05) is 24.9 Å². The third kappa shape index (κ3) is 2.29. The molecule has 112 valence electrons. The Morgan fingerprint density at radius 2 is 2.25 bits per heavy atom. The third-order valence-electron chi connectivity index (χ3n) is 5.63. The van der Waals surface area contributed by atoms with E-state index in [4.69, 9.17) is 11.6 Å². The highest BCUT2D eigenvalue weighted by Gasteiger charge is 2.50. The summed E-state index contributed by atoms with van der Waals surface area (Å²) in [5, 5.41) is 8.94. The van der Waals surface area contributed by atoms with Crippen LogP contribution in [0.2, 0.25) is 5.15 Å². The van der Waals surface area contributed by atoms with Crippen LogP contribution >= 0.6 is 11.6 Å². The van der Waals surface area contributed by atoms with Crippen LogP contribution in [0.3, 0.4) is 0 Å². The maximum atomic E-state index is 6.47. The smallest absolute Gasteiger partial charge is 0.130 e. The molecule has 0 spiro atoms. The average Bonchev–Trinajstić information content (AvgIpc) is 3.07. The standard InChI is InChI=1S/C16H26ClN3/c1-4-18-10-16(8-12-5-6-13(16)7-12)9-14-11(2)19-20(3)15(14)17/h12-13,18H,4-10H2,1-3H3. The molecule has 3 unspecified atom stereocenters. The van der Waals surface area contributed by atoms with Gasteiger partial charge in [-0.05, 0) is 56.4 Å². The van der Waals surface area contributed by atoms with Gasteiger partial charge in [-0.15, -0.1) is 0 Å². The van der Waals surface area contributed by atoms with Gasteiger partial charge in [0.2, 0.25) is 0 Å². The van der Waals surface area contributed by atoms with Crippen LogP contribution in [0.4, 0.5) is 0 Å². The summed E-state index contributed by atoms with van der Waals surface area (Å²) in [7, 11) is 1.94. The second-order valence-electron chi connectivity index (χ2n) is 6.88. The molecule has 1 aromatic rings. The summed E-state index contributed by atoms with van der Waals surface area (Å²) >= 11 is 6.47. The van der Waals surface area contributed by atoms with Crippen molar-refractivity contribution in [3.8, 4) is 0 Å². The molecular weight excluding hydrogens is 270 g/mol. The number of rotatable bonds is 5. The molecule has 3 nitrogen and oxygen atoms in total. The van der Waals surface area contributed by atoms with E-state index in [-0.39, 0.29) is 0 Å². The fourth-order valence-electron chi connectivity index (χ4n) is 4.65. The predicted molar refractivity (Wildman–Crippen MR) is 83.1 cm³/mol. The molecule has 1 aromatic heterocycles. The van der Waals surface area contributed by atoms with Gasteiger partial charge in [-0.3, -0.25) is 4.68 Å². The summed E-state index contributed by atoms with van der Waals surface area (Å²) in [5.41, 5.74) is 2.80. The van der Waals surface area contributed by atoms with E-state index in [1.807, 2.05) is 11.7 Å². The molecule has 2 bridgehead atoms. The summed E-state index contributed by atoms with van der Waals surface area (Å²) in [4.78, 5) is 0. The number of hydrogen-bond donors (Lipinski definition) is 1. The molecule has 0 aliphatic heterocycles. The van der Waals surface area contributed by atoms with Crippen LogP contribution in [0.25, 0.3) is 0 Å². The van der Waals surface area contributed by atoms with E-state index in [0.717, 1.165) is 42.2 Å². The van der Waals surface area contributed by atoms with Crippen LogP contribution in [-0.2, 0) is 13.5 Å². The van der Waals surface area contributed by atoms with Crippen LogP contribution < -0.4 is 5.32 Å². The summed E-state index contributed by atoms with van der Waals surface area (Å²) in [6.07, 6.45) is 6.75. The average molecular weight is 296 g/mol. The van der Waals surface area contributed by atoms with Crippen molar-refractivity contribution in [1.29, 1.82) is 0 Å². The Kier molecular flexibility index (Phi) is 3.85. The molecule has 0 amide bonds. The Labute approximate surface area is 127 Å². The van der Waals surface area contributed by atoms with E-state index in [2.05, 4.69) is 24.3 Å². The maximum Gasteiger partial charge on any atom is 0.130 e. The molecular formula is C16H26ClN3. The lowest BCUT2D eigenvalue weighted by Gasteiger charge is -2.38. The van der Waals surface area contributed by atoms with Crippen molar-refractivity contribution in [2.45, 2.75) is 46.0 Å². The molecule has 1 N–H and O–H groups in total. The first-order valence-electron chi connectivity index (χ1n) is 7.94. The lowest BCUT2D eigenvalue weighted by molar-refractivity contribution is 0.157. The molecule has 2 aliphatic carbocycles. The summed E-state index contributed by atoms with van der Waals surface area (Å²) in [6, 6.07) is 0. The Morgan fingerprint density at radius 1 is 1.45 bits per heavy atom. The van der Waals surface area contributed by atoms with E-state index in [1.54, 1.807) is 0 Å². The number of aromatic nitrogens is 2. The van der Waals surface area contributed by atoms with Gasteiger partial charge >= 0.3 is 0 Å². The molecule has 2 saturated carbocycles. The van der Waals surface area contributed by atoms with E-state index < -0.39 is 0 Å².